The average Bonchev–Trinajstić information content (AvgIpc) is 3.11. The fourth-order valence-electron chi connectivity index (χ4n) is 2.47. The predicted molar refractivity (Wildman–Crippen MR) is 96.3 cm³/mol. The standard InChI is InChI=1S/C19H25N3O3/c1-14-4-6-15(7-5-14)17(22(2)3)12-21-18(23)8-10-20-19(24)16-9-11-25-13-16/h4-7,9,11,13,17H,8,10,12H2,1-3H3,(H,20,24)(H,21,23)/t17-/m1/s1. The molecule has 2 rings (SSSR count). The first-order valence-corrected chi connectivity index (χ1v) is 8.27. The molecule has 6 heteroatoms. The molecule has 2 N–H and O–H groups in total. The van der Waals surface area contributed by atoms with Gasteiger partial charge in [-0.3, -0.25) is 9.59 Å². The molecular weight excluding hydrogens is 318 g/mol. The van der Waals surface area contributed by atoms with Crippen molar-refractivity contribution in [3.8, 4) is 0 Å². The molecule has 134 valence electrons. The zero-order chi connectivity index (χ0) is 18.2. The topological polar surface area (TPSA) is 74.6 Å². The lowest BCUT2D eigenvalue weighted by Gasteiger charge is -2.25. The number of carbonyl (C=O) groups is 2. The van der Waals surface area contributed by atoms with Gasteiger partial charge < -0.3 is 20.0 Å². The lowest BCUT2D eigenvalue weighted by Crippen LogP contribution is -2.36. The van der Waals surface area contributed by atoms with Crippen LogP contribution in [0.2, 0.25) is 0 Å². The third-order valence-corrected chi connectivity index (χ3v) is 4.00. The second kappa shape index (κ2) is 9.03. The van der Waals surface area contributed by atoms with E-state index in [0.717, 1.165) is 5.56 Å². The predicted octanol–water partition coefficient (Wildman–Crippen LogP) is 2.13. The van der Waals surface area contributed by atoms with Crippen LogP contribution in [0.25, 0.3) is 0 Å². The minimum atomic E-state index is -0.243. The summed E-state index contributed by atoms with van der Waals surface area (Å²) in [6.45, 7) is 2.85. The van der Waals surface area contributed by atoms with Crippen LogP contribution in [0.15, 0.2) is 47.3 Å². The number of aryl methyl sites for hydroxylation is 1. The van der Waals surface area contributed by atoms with E-state index in [1.165, 1.54) is 18.1 Å². The molecule has 0 spiro atoms. The Labute approximate surface area is 148 Å². The van der Waals surface area contributed by atoms with Crippen molar-refractivity contribution in [1.82, 2.24) is 15.5 Å². The molecule has 0 radical (unpaired) electrons. The third kappa shape index (κ3) is 5.76. The molecule has 1 aromatic heterocycles. The van der Waals surface area contributed by atoms with Gasteiger partial charge in [-0.05, 0) is 32.6 Å². The fourth-order valence-corrected chi connectivity index (χ4v) is 2.47. The first kappa shape index (κ1) is 18.7. The molecule has 1 heterocycles. The monoisotopic (exact) mass is 343 g/mol. The number of hydrogen-bond acceptors (Lipinski definition) is 4. The van der Waals surface area contributed by atoms with E-state index >= 15 is 0 Å². The summed E-state index contributed by atoms with van der Waals surface area (Å²) >= 11 is 0. The Morgan fingerprint density at radius 1 is 1.12 bits per heavy atom. The van der Waals surface area contributed by atoms with Crippen molar-refractivity contribution < 1.29 is 14.0 Å². The SMILES string of the molecule is Cc1ccc([C@@H](CNC(=O)CCNC(=O)c2ccoc2)N(C)C)cc1. The van der Waals surface area contributed by atoms with Gasteiger partial charge in [0.25, 0.3) is 5.91 Å². The summed E-state index contributed by atoms with van der Waals surface area (Å²) in [7, 11) is 3.98. The molecule has 0 fully saturated rings. The van der Waals surface area contributed by atoms with Gasteiger partial charge in [0, 0.05) is 19.5 Å². The first-order valence-electron chi connectivity index (χ1n) is 8.27. The zero-order valence-electron chi connectivity index (χ0n) is 14.9. The van der Waals surface area contributed by atoms with Gasteiger partial charge in [-0.1, -0.05) is 29.8 Å². The van der Waals surface area contributed by atoms with Gasteiger partial charge in [0.2, 0.25) is 5.91 Å². The highest BCUT2D eigenvalue weighted by Gasteiger charge is 2.15. The molecule has 0 bridgehead atoms. The highest BCUT2D eigenvalue weighted by molar-refractivity contribution is 5.94. The van der Waals surface area contributed by atoms with Gasteiger partial charge in [0.15, 0.2) is 0 Å². The van der Waals surface area contributed by atoms with Gasteiger partial charge >= 0.3 is 0 Å². The van der Waals surface area contributed by atoms with Crippen molar-refractivity contribution in [1.29, 1.82) is 0 Å². The summed E-state index contributed by atoms with van der Waals surface area (Å²) in [6.07, 6.45) is 3.05. The Kier molecular flexibility index (Phi) is 6.77. The number of amides is 2. The number of furan rings is 1. The number of nitrogens with zero attached hydrogens (tertiary/aromatic N) is 1. The van der Waals surface area contributed by atoms with Crippen molar-refractivity contribution in [3.63, 3.8) is 0 Å². The lowest BCUT2D eigenvalue weighted by atomic mass is 10.0. The molecular formula is C19H25N3O3. The molecule has 0 unspecified atom stereocenters. The van der Waals surface area contributed by atoms with Crippen molar-refractivity contribution in [2.45, 2.75) is 19.4 Å². The molecule has 0 saturated heterocycles. The normalized spacial score (nSPS) is 12.0. The number of nitrogens with one attached hydrogen (secondary N) is 2. The van der Waals surface area contributed by atoms with Crippen LogP contribution in [0, 0.1) is 6.92 Å². The van der Waals surface area contributed by atoms with Crippen LogP contribution in [-0.2, 0) is 4.79 Å². The Morgan fingerprint density at radius 2 is 1.84 bits per heavy atom. The molecule has 25 heavy (non-hydrogen) atoms. The van der Waals surface area contributed by atoms with Crippen LogP contribution in [0.4, 0.5) is 0 Å². The van der Waals surface area contributed by atoms with E-state index < -0.39 is 0 Å². The molecule has 0 aliphatic rings. The minimum Gasteiger partial charge on any atom is -0.472 e. The van der Waals surface area contributed by atoms with Crippen LogP contribution in [0.1, 0.15) is 33.9 Å². The van der Waals surface area contributed by atoms with E-state index in [4.69, 9.17) is 4.42 Å². The van der Waals surface area contributed by atoms with Gasteiger partial charge in [-0.15, -0.1) is 0 Å². The van der Waals surface area contributed by atoms with Gasteiger partial charge in [0.05, 0.1) is 17.9 Å². The Balaban J connectivity index is 1.77. The molecule has 6 nitrogen and oxygen atoms in total. The number of hydrogen-bond donors (Lipinski definition) is 2. The summed E-state index contributed by atoms with van der Waals surface area (Å²) in [5, 5.41) is 5.63. The molecule has 2 aromatic rings. The summed E-state index contributed by atoms with van der Waals surface area (Å²) < 4.78 is 4.85. The summed E-state index contributed by atoms with van der Waals surface area (Å²) in [6, 6.07) is 9.98. The van der Waals surface area contributed by atoms with Gasteiger partial charge in [-0.25, -0.2) is 0 Å². The second-order valence-electron chi connectivity index (χ2n) is 6.21. The smallest absolute Gasteiger partial charge is 0.254 e. The maximum Gasteiger partial charge on any atom is 0.254 e. The highest BCUT2D eigenvalue weighted by Crippen LogP contribution is 2.17. The van der Waals surface area contributed by atoms with E-state index in [1.807, 2.05) is 21.0 Å². The van der Waals surface area contributed by atoms with Crippen molar-refractivity contribution in [2.24, 2.45) is 0 Å². The molecule has 0 saturated carbocycles. The van der Waals surface area contributed by atoms with Crippen LogP contribution >= 0.6 is 0 Å². The van der Waals surface area contributed by atoms with Crippen molar-refractivity contribution >= 4 is 11.8 Å². The number of rotatable bonds is 8. The number of likely N-dealkylation sites (N-methyl/N-ethyl adjacent to an activating group) is 1. The highest BCUT2D eigenvalue weighted by atomic mass is 16.3. The Bertz CT molecular complexity index is 678. The van der Waals surface area contributed by atoms with Crippen LogP contribution in [-0.4, -0.2) is 43.9 Å². The van der Waals surface area contributed by atoms with Crippen molar-refractivity contribution in [3.05, 3.63) is 59.5 Å². The van der Waals surface area contributed by atoms with E-state index in [-0.39, 0.29) is 30.8 Å². The largest absolute Gasteiger partial charge is 0.472 e. The quantitative estimate of drug-likeness (QED) is 0.770. The van der Waals surface area contributed by atoms with Gasteiger partial charge in [-0.2, -0.15) is 0 Å². The second-order valence-corrected chi connectivity index (χ2v) is 6.21. The van der Waals surface area contributed by atoms with Gasteiger partial charge in [0.1, 0.15) is 6.26 Å². The van der Waals surface area contributed by atoms with E-state index in [0.29, 0.717) is 12.1 Å². The summed E-state index contributed by atoms with van der Waals surface area (Å²) in [4.78, 5) is 25.8. The zero-order valence-corrected chi connectivity index (χ0v) is 14.9. The third-order valence-electron chi connectivity index (χ3n) is 4.00. The average molecular weight is 343 g/mol. The summed E-state index contributed by atoms with van der Waals surface area (Å²) in [5.74, 6) is -0.334. The number of benzene rings is 1. The Hall–Kier alpha value is -2.60. The minimum absolute atomic E-state index is 0.0912. The van der Waals surface area contributed by atoms with E-state index in [2.05, 4.69) is 39.8 Å². The molecule has 1 aromatic carbocycles. The molecule has 2 amide bonds. The van der Waals surface area contributed by atoms with Crippen LogP contribution < -0.4 is 10.6 Å². The maximum atomic E-state index is 12.0. The maximum absolute atomic E-state index is 12.0. The van der Waals surface area contributed by atoms with Crippen LogP contribution in [0.5, 0.6) is 0 Å². The molecule has 0 aliphatic carbocycles. The fraction of sp³-hybridized carbons (Fsp3) is 0.368. The van der Waals surface area contributed by atoms with Crippen LogP contribution in [0.3, 0.4) is 0 Å². The van der Waals surface area contributed by atoms with E-state index in [9.17, 15) is 9.59 Å². The van der Waals surface area contributed by atoms with E-state index in [1.54, 1.807) is 6.07 Å². The van der Waals surface area contributed by atoms with Crippen molar-refractivity contribution in [2.75, 3.05) is 27.2 Å². The Morgan fingerprint density at radius 3 is 2.44 bits per heavy atom. The summed E-state index contributed by atoms with van der Waals surface area (Å²) in [5.41, 5.74) is 2.82. The number of carbonyl (C=O) groups excluding carboxylic acids is 2. The first-order chi connectivity index (χ1) is 12.0. The molecule has 0 aliphatic heterocycles. The lowest BCUT2D eigenvalue weighted by molar-refractivity contribution is -0.121. The molecule has 1 atom stereocenters.